The van der Waals surface area contributed by atoms with Crippen LogP contribution < -0.4 is 5.32 Å². The van der Waals surface area contributed by atoms with Crippen molar-refractivity contribution < 1.29 is 30.9 Å². The number of nitrogens with zero attached hydrogens (tertiary/aromatic N) is 2. The van der Waals surface area contributed by atoms with Gasteiger partial charge in [0.05, 0.1) is 21.5 Å². The molecule has 5 rings (SSSR count). The maximum Gasteiger partial charge on any atom is 0.416 e. The molecule has 0 saturated carbocycles. The zero-order chi connectivity index (χ0) is 30.9. The number of anilines is 1. The first-order valence-corrected chi connectivity index (χ1v) is 16.2. The molecular weight excluding hydrogens is 620 g/mol. The molecule has 0 fully saturated rings. The van der Waals surface area contributed by atoms with Gasteiger partial charge in [-0.1, -0.05) is 43.0 Å². The Labute approximate surface area is 254 Å². The Morgan fingerprint density at radius 2 is 1.77 bits per heavy atom. The first kappa shape index (κ1) is 30.7. The van der Waals surface area contributed by atoms with Gasteiger partial charge in [-0.15, -0.1) is 11.3 Å². The van der Waals surface area contributed by atoms with E-state index < -0.39 is 27.8 Å². The summed E-state index contributed by atoms with van der Waals surface area (Å²) < 4.78 is 72.4. The molecule has 4 aromatic rings. The number of alkyl halides is 3. The van der Waals surface area contributed by atoms with Gasteiger partial charge in [-0.3, -0.25) is 9.35 Å². The van der Waals surface area contributed by atoms with E-state index in [9.17, 15) is 30.9 Å². The lowest BCUT2D eigenvalue weighted by atomic mass is 10.1. The lowest BCUT2D eigenvalue weighted by molar-refractivity contribution is -0.137. The zero-order valence-electron chi connectivity index (χ0n) is 22.8. The molecule has 2 N–H and O–H groups in total. The Morgan fingerprint density at radius 3 is 2.40 bits per heavy atom. The average molecular weight is 644 g/mol. The number of amides is 1. The van der Waals surface area contributed by atoms with Crippen molar-refractivity contribution >= 4 is 65.6 Å². The zero-order valence-corrected chi connectivity index (χ0v) is 25.2. The fourth-order valence-electron chi connectivity index (χ4n) is 4.34. The quantitative estimate of drug-likeness (QED) is 0.198. The summed E-state index contributed by atoms with van der Waals surface area (Å²) >= 11 is 2.77. The third kappa shape index (κ3) is 6.90. The van der Waals surface area contributed by atoms with Crippen LogP contribution in [0.4, 0.5) is 18.9 Å². The minimum Gasteiger partial charge on any atom is -0.322 e. The summed E-state index contributed by atoms with van der Waals surface area (Å²) in [5.41, 5.74) is 3.32. The number of carbonyl (C=O) groups excluding carboxylic acids is 1. The molecule has 7 nitrogen and oxygen atoms in total. The van der Waals surface area contributed by atoms with Crippen LogP contribution in [0.1, 0.15) is 45.4 Å². The average Bonchev–Trinajstić information content (AvgIpc) is 3.60. The van der Waals surface area contributed by atoms with Gasteiger partial charge < -0.3 is 5.32 Å². The molecule has 0 radical (unpaired) electrons. The monoisotopic (exact) mass is 643 g/mol. The van der Waals surface area contributed by atoms with Crippen molar-refractivity contribution in [2.24, 2.45) is 4.99 Å². The van der Waals surface area contributed by atoms with Crippen molar-refractivity contribution in [3.63, 3.8) is 0 Å². The van der Waals surface area contributed by atoms with Crippen molar-refractivity contribution in [1.29, 1.82) is 0 Å². The maximum atomic E-state index is 12.8. The lowest BCUT2D eigenvalue weighted by Crippen LogP contribution is -2.13. The molecule has 0 atom stereocenters. The molecule has 0 unspecified atom stereocenters. The lowest BCUT2D eigenvalue weighted by Gasteiger charge is -2.09. The van der Waals surface area contributed by atoms with E-state index in [2.05, 4.69) is 10.3 Å². The molecular formula is C30H24F3N3O4S3. The van der Waals surface area contributed by atoms with Crippen molar-refractivity contribution in [2.45, 2.75) is 31.3 Å². The van der Waals surface area contributed by atoms with Crippen LogP contribution in [-0.4, -0.2) is 34.7 Å². The second-order valence-corrected chi connectivity index (χ2v) is 12.9. The number of hydrogen-bond acceptors (Lipinski definition) is 7. The van der Waals surface area contributed by atoms with Gasteiger partial charge in [-0.2, -0.15) is 21.6 Å². The highest BCUT2D eigenvalue weighted by Crippen LogP contribution is 2.35. The van der Waals surface area contributed by atoms with E-state index in [1.54, 1.807) is 55.1 Å². The number of carbonyl (C=O) groups is 1. The Hall–Kier alpha value is -3.78. The van der Waals surface area contributed by atoms with Gasteiger partial charge in [0.15, 0.2) is 0 Å². The second kappa shape index (κ2) is 12.1. The minimum absolute atomic E-state index is 0.113. The number of aryl methyl sites for hydroxylation is 1. The fraction of sp³-hybridized carbons (Fsp3) is 0.167. The van der Waals surface area contributed by atoms with Crippen molar-refractivity contribution in [1.82, 2.24) is 4.98 Å². The third-order valence-electron chi connectivity index (χ3n) is 6.57. The Balaban J connectivity index is 1.30. The summed E-state index contributed by atoms with van der Waals surface area (Å²) in [6.07, 6.45) is -0.00480. The molecule has 13 heteroatoms. The number of aromatic nitrogens is 1. The highest BCUT2D eigenvalue weighted by molar-refractivity contribution is 8.14. The van der Waals surface area contributed by atoms with E-state index in [0.717, 1.165) is 46.1 Å². The van der Waals surface area contributed by atoms with E-state index in [0.29, 0.717) is 38.6 Å². The normalized spacial score (nSPS) is 15.3. The first-order chi connectivity index (χ1) is 20.3. The van der Waals surface area contributed by atoms with Crippen LogP contribution in [0.2, 0.25) is 0 Å². The largest absolute Gasteiger partial charge is 0.416 e. The highest BCUT2D eigenvalue weighted by Gasteiger charge is 2.30. The summed E-state index contributed by atoms with van der Waals surface area (Å²) in [6.45, 7) is 3.60. The number of nitrogens with one attached hydrogen (secondary N) is 1. The number of benzene rings is 3. The number of thioether (sulfide) groups is 1. The molecule has 0 aliphatic carbocycles. The minimum atomic E-state index is -4.47. The van der Waals surface area contributed by atoms with Crippen LogP contribution >= 0.6 is 23.1 Å². The summed E-state index contributed by atoms with van der Waals surface area (Å²) in [6, 6.07) is 14.4. The molecule has 0 saturated heterocycles. The number of thiazole rings is 1. The number of allylic oxidation sites excluding steroid dienone is 3. The van der Waals surface area contributed by atoms with Gasteiger partial charge in [0, 0.05) is 22.6 Å². The van der Waals surface area contributed by atoms with E-state index >= 15 is 0 Å². The predicted molar refractivity (Wildman–Crippen MR) is 165 cm³/mol. The topological polar surface area (TPSA) is 109 Å². The van der Waals surface area contributed by atoms with E-state index in [4.69, 9.17) is 4.99 Å². The Bertz CT molecular complexity index is 1910. The van der Waals surface area contributed by atoms with Crippen molar-refractivity contribution in [3.05, 3.63) is 106 Å². The Kier molecular flexibility index (Phi) is 8.61. The van der Waals surface area contributed by atoms with Crippen LogP contribution in [0.25, 0.3) is 15.8 Å². The third-order valence-corrected chi connectivity index (χ3v) is 9.94. The summed E-state index contributed by atoms with van der Waals surface area (Å²) in [5.74, 6) is 0.122. The molecule has 1 amide bonds. The summed E-state index contributed by atoms with van der Waals surface area (Å²) in [4.78, 5) is 21.7. The van der Waals surface area contributed by atoms with Gasteiger partial charge >= 0.3 is 6.18 Å². The van der Waals surface area contributed by atoms with Crippen molar-refractivity contribution in [3.8, 4) is 0 Å². The number of rotatable bonds is 7. The van der Waals surface area contributed by atoms with Crippen LogP contribution in [-0.2, 0) is 16.3 Å². The summed E-state index contributed by atoms with van der Waals surface area (Å²) in [7, 11) is -4.40. The van der Waals surface area contributed by atoms with Crippen LogP contribution in [0, 0.1) is 6.92 Å². The fourth-order valence-corrected chi connectivity index (χ4v) is 7.68. The number of halogens is 3. The second-order valence-electron chi connectivity index (χ2n) is 9.57. The molecule has 1 aliphatic rings. The van der Waals surface area contributed by atoms with Gasteiger partial charge in [-0.25, -0.2) is 9.98 Å². The van der Waals surface area contributed by atoms with Crippen LogP contribution in [0.15, 0.2) is 88.4 Å². The van der Waals surface area contributed by atoms with Gasteiger partial charge in [0.1, 0.15) is 14.9 Å². The smallest absolute Gasteiger partial charge is 0.322 e. The van der Waals surface area contributed by atoms with Gasteiger partial charge in [-0.05, 0) is 73.0 Å². The molecule has 3 aromatic carbocycles. The van der Waals surface area contributed by atoms with E-state index in [1.807, 2.05) is 19.1 Å². The molecule has 222 valence electrons. The SMILES string of the molecule is CCC(=CC=C1CSC(c2ccc(NC(=O)c3ccc(C(F)(F)F)cc3)cc2)=N1)c1nc2ccc(C)c(S(=O)(=O)O)c2s1. The highest BCUT2D eigenvalue weighted by atomic mass is 32.2. The first-order valence-electron chi connectivity index (χ1n) is 12.9. The maximum absolute atomic E-state index is 12.8. The molecule has 0 bridgehead atoms. The molecule has 1 aromatic heterocycles. The standard InChI is InChI=1S/C30H24F3N3O4S3/c1-3-18(29-36-24-15-4-17(2)26(25(24)42-29)43(38,39)40)7-14-23-16-41-28(35-23)20-8-12-22(13-9-20)34-27(37)19-5-10-21(11-6-19)30(31,32)33/h4-15H,3,16H2,1-2H3,(H,34,37)(H,38,39,40). The predicted octanol–water partition coefficient (Wildman–Crippen LogP) is 7.99. The van der Waals surface area contributed by atoms with E-state index in [-0.39, 0.29) is 10.5 Å². The Morgan fingerprint density at radius 1 is 1.07 bits per heavy atom. The van der Waals surface area contributed by atoms with Gasteiger partial charge in [0.25, 0.3) is 16.0 Å². The number of hydrogen-bond donors (Lipinski definition) is 2. The number of aliphatic imine (C=N–C) groups is 1. The molecule has 43 heavy (non-hydrogen) atoms. The van der Waals surface area contributed by atoms with Crippen molar-refractivity contribution in [2.75, 3.05) is 11.1 Å². The number of fused-ring (bicyclic) bond motifs is 1. The molecule has 0 spiro atoms. The van der Waals surface area contributed by atoms with E-state index in [1.165, 1.54) is 11.3 Å². The summed E-state index contributed by atoms with van der Waals surface area (Å²) in [5, 5.41) is 4.14. The molecule has 2 heterocycles. The van der Waals surface area contributed by atoms with Crippen LogP contribution in [0.5, 0.6) is 0 Å². The van der Waals surface area contributed by atoms with Crippen LogP contribution in [0.3, 0.4) is 0 Å². The van der Waals surface area contributed by atoms with Gasteiger partial charge in [0.2, 0.25) is 0 Å². The molecule has 1 aliphatic heterocycles.